The number of phenols is 2. The third-order valence-corrected chi connectivity index (χ3v) is 7.98. The number of carbonyl (C=O) groups is 4. The number of carbonyl (C=O) groups excluding carboxylic acids is 4. The average Bonchev–Trinajstić information content (AvgIpc) is 3.17. The van der Waals surface area contributed by atoms with E-state index in [2.05, 4.69) is 56.3 Å². The second-order valence-corrected chi connectivity index (χ2v) is 12.5. The molecule has 0 bridgehead atoms. The third kappa shape index (κ3) is 12.7. The second-order valence-electron chi connectivity index (χ2n) is 11.6. The van der Waals surface area contributed by atoms with Gasteiger partial charge in [0.05, 0.1) is 54.7 Å². The number of rotatable bonds is 18. The minimum Gasteiger partial charge on any atom is -0.507 e. The molecule has 0 atom stereocenters. The van der Waals surface area contributed by atoms with Crippen LogP contribution in [0.25, 0.3) is 11.1 Å². The van der Waals surface area contributed by atoms with E-state index in [-0.39, 0.29) is 60.5 Å². The number of phenolic OH excluding ortho intramolecular Hbond substituents is 2. The number of hydrogen-bond donors (Lipinski definition) is 6. The van der Waals surface area contributed by atoms with Crippen molar-refractivity contribution in [3.63, 3.8) is 0 Å². The average molecular weight is 788 g/mol. The number of amides is 2. The molecular weight excluding hydrogens is 747 g/mol. The zero-order valence-corrected chi connectivity index (χ0v) is 31.9. The quantitative estimate of drug-likeness (QED) is 0.0343. The molecule has 2 amide bonds. The van der Waals surface area contributed by atoms with E-state index >= 15 is 0 Å². The molecule has 0 saturated heterocycles. The van der Waals surface area contributed by atoms with Crippen LogP contribution in [-0.2, 0) is 19.1 Å². The Kier molecular flexibility index (Phi) is 16.2. The van der Waals surface area contributed by atoms with Gasteiger partial charge in [-0.1, -0.05) is 18.2 Å². The summed E-state index contributed by atoms with van der Waals surface area (Å²) < 4.78 is 9.98. The number of azo groups is 2. The van der Waals surface area contributed by atoms with Crippen LogP contribution in [0.2, 0.25) is 0 Å². The Morgan fingerprint density at radius 3 is 1.67 bits per heavy atom. The Labute approximate surface area is 328 Å². The molecule has 4 N–H and O–H groups in total. The highest BCUT2D eigenvalue weighted by molar-refractivity contribution is 7.80. The summed E-state index contributed by atoms with van der Waals surface area (Å²) in [6, 6.07) is 20.5. The molecule has 0 fully saturated rings. The van der Waals surface area contributed by atoms with Gasteiger partial charge < -0.3 is 30.3 Å². The molecule has 0 aromatic heterocycles. The van der Waals surface area contributed by atoms with Crippen molar-refractivity contribution < 1.29 is 38.9 Å². The molecule has 0 aliphatic rings. The normalized spacial score (nSPS) is 11.2. The van der Waals surface area contributed by atoms with Crippen LogP contribution in [-0.4, -0.2) is 89.8 Å². The van der Waals surface area contributed by atoms with Gasteiger partial charge in [-0.2, -0.15) is 45.7 Å². The number of nitrogens with zero attached hydrogens (tertiary/aromatic N) is 5. The number of thiol groups is 2. The predicted molar refractivity (Wildman–Crippen MR) is 214 cm³/mol. The van der Waals surface area contributed by atoms with E-state index in [0.29, 0.717) is 58.5 Å². The van der Waals surface area contributed by atoms with Crippen molar-refractivity contribution in [3.05, 3.63) is 90.0 Å². The maximum Gasteiger partial charge on any atom is 0.341 e. The lowest BCUT2D eigenvalue weighted by atomic mass is 10.0. The summed E-state index contributed by atoms with van der Waals surface area (Å²) in [5.41, 5.74) is 3.12. The fourth-order valence-electron chi connectivity index (χ4n) is 5.01. The fourth-order valence-corrected chi connectivity index (χ4v) is 5.40. The molecule has 4 aromatic carbocycles. The molecule has 0 aliphatic carbocycles. The summed E-state index contributed by atoms with van der Waals surface area (Å²) in [6.45, 7) is 4.28. The number of hydrogen-bond acceptors (Lipinski definition) is 15. The number of nitrogens with one attached hydrogen (secondary N) is 2. The summed E-state index contributed by atoms with van der Waals surface area (Å²) in [5.74, 6) is -1.59. The number of benzene rings is 4. The maximum absolute atomic E-state index is 13.4. The summed E-state index contributed by atoms with van der Waals surface area (Å²) in [5, 5.41) is 42.8. The van der Waals surface area contributed by atoms with Crippen molar-refractivity contribution in [2.75, 3.05) is 56.2 Å². The van der Waals surface area contributed by atoms with E-state index in [0.717, 1.165) is 0 Å². The zero-order chi connectivity index (χ0) is 39.7. The lowest BCUT2D eigenvalue weighted by Gasteiger charge is -2.21. The summed E-state index contributed by atoms with van der Waals surface area (Å²) in [6.07, 6.45) is 0. The summed E-state index contributed by atoms with van der Waals surface area (Å²) in [7, 11) is 0. The molecule has 4 aromatic rings. The van der Waals surface area contributed by atoms with Gasteiger partial charge in [0.1, 0.15) is 22.6 Å². The molecule has 288 valence electrons. The van der Waals surface area contributed by atoms with Crippen molar-refractivity contribution in [1.82, 2.24) is 10.2 Å². The monoisotopic (exact) mass is 787 g/mol. The topological polar surface area (TPSA) is 204 Å². The first-order chi connectivity index (χ1) is 26.5. The first kappa shape index (κ1) is 42.0. The van der Waals surface area contributed by atoms with Crippen molar-refractivity contribution in [3.8, 4) is 22.6 Å². The Balaban J connectivity index is 1.62. The minimum absolute atomic E-state index is 0.00637. The van der Waals surface area contributed by atoms with Gasteiger partial charge in [-0.25, -0.2) is 9.59 Å². The molecule has 0 unspecified atom stereocenters. The highest BCUT2D eigenvalue weighted by atomic mass is 32.1. The van der Waals surface area contributed by atoms with Crippen LogP contribution in [0.5, 0.6) is 11.5 Å². The van der Waals surface area contributed by atoms with Gasteiger partial charge in [0.2, 0.25) is 11.8 Å². The second kappa shape index (κ2) is 21.2. The van der Waals surface area contributed by atoms with Crippen molar-refractivity contribution in [2.45, 2.75) is 13.8 Å². The number of ether oxygens (including phenoxy) is 2. The lowest BCUT2D eigenvalue weighted by Crippen LogP contribution is -2.42. The molecule has 17 heteroatoms. The summed E-state index contributed by atoms with van der Waals surface area (Å²) >= 11 is 8.40. The van der Waals surface area contributed by atoms with Crippen LogP contribution < -0.4 is 10.6 Å². The van der Waals surface area contributed by atoms with E-state index in [9.17, 15) is 29.4 Å². The van der Waals surface area contributed by atoms with Crippen LogP contribution in [0.3, 0.4) is 0 Å². The molecule has 0 saturated carbocycles. The predicted octanol–water partition coefficient (Wildman–Crippen LogP) is 7.17. The summed E-state index contributed by atoms with van der Waals surface area (Å²) in [4.78, 5) is 51.9. The molecule has 0 heterocycles. The van der Waals surface area contributed by atoms with Crippen molar-refractivity contribution in [2.24, 2.45) is 20.5 Å². The number of esters is 2. The van der Waals surface area contributed by atoms with E-state index in [4.69, 9.17) is 9.47 Å². The van der Waals surface area contributed by atoms with Gasteiger partial charge >= 0.3 is 11.9 Å². The Morgan fingerprint density at radius 1 is 0.655 bits per heavy atom. The molecule has 0 radical (unpaired) electrons. The largest absolute Gasteiger partial charge is 0.507 e. The van der Waals surface area contributed by atoms with E-state index < -0.39 is 17.8 Å². The van der Waals surface area contributed by atoms with Gasteiger partial charge in [0.25, 0.3) is 0 Å². The SMILES string of the molecule is CCOC(=O)c1cc(N=Nc2ccc(-c3ccc(N=Nc4ccc(O)c(C(=O)OCC)c4)cc3NC(=O)CN(CCS)CC(=O)NCCS)cc2)ccc1O. The van der Waals surface area contributed by atoms with Crippen molar-refractivity contribution >= 4 is 77.4 Å². The van der Waals surface area contributed by atoms with Gasteiger partial charge in [0.15, 0.2) is 0 Å². The minimum atomic E-state index is -0.700. The molecular formula is C38H41N7O8S2. The van der Waals surface area contributed by atoms with E-state index in [1.165, 1.54) is 36.4 Å². The maximum atomic E-state index is 13.4. The number of anilines is 1. The Morgan fingerprint density at radius 2 is 1.15 bits per heavy atom. The smallest absolute Gasteiger partial charge is 0.341 e. The van der Waals surface area contributed by atoms with E-state index in [1.807, 2.05) is 0 Å². The fraction of sp³-hybridized carbons (Fsp3) is 0.263. The highest BCUT2D eigenvalue weighted by Crippen LogP contribution is 2.34. The first-order valence-corrected chi connectivity index (χ1v) is 18.4. The molecule has 55 heavy (non-hydrogen) atoms. The Bertz CT molecular complexity index is 2040. The molecule has 0 aliphatic heterocycles. The highest BCUT2D eigenvalue weighted by Gasteiger charge is 2.18. The zero-order valence-electron chi connectivity index (χ0n) is 30.1. The van der Waals surface area contributed by atoms with Gasteiger partial charge in [-0.15, -0.1) is 0 Å². The van der Waals surface area contributed by atoms with Crippen LogP contribution >= 0.6 is 25.3 Å². The van der Waals surface area contributed by atoms with Crippen LogP contribution in [0.15, 0.2) is 99.3 Å². The Hall–Kier alpha value is -5.78. The third-order valence-electron chi connectivity index (χ3n) is 7.55. The van der Waals surface area contributed by atoms with Gasteiger partial charge in [-0.3, -0.25) is 14.5 Å². The number of aromatic hydroxyl groups is 2. The molecule has 0 spiro atoms. The van der Waals surface area contributed by atoms with Gasteiger partial charge in [-0.05, 0) is 80.1 Å². The van der Waals surface area contributed by atoms with Gasteiger partial charge in [0, 0.05) is 30.2 Å². The lowest BCUT2D eigenvalue weighted by molar-refractivity contribution is -0.123. The standard InChI is InChI=1S/C38H41N7O8S2/c1-3-52-37(50)30-19-26(10-13-33(30)46)42-41-25-7-5-24(6-8-25)29-12-9-28(44-43-27-11-14-34(47)31(20-27)38(51)53-4-2)21-32(29)40-36(49)23-45(16-18-55)22-35(48)39-15-17-54/h5-14,19-21,46-47,54-55H,3-4,15-18,22-23H2,1-2H3,(H,39,48)(H,40,49). The first-order valence-electron chi connectivity index (χ1n) is 17.1. The van der Waals surface area contributed by atoms with Crippen LogP contribution in [0, 0.1) is 0 Å². The van der Waals surface area contributed by atoms with Crippen LogP contribution in [0.4, 0.5) is 28.4 Å². The van der Waals surface area contributed by atoms with Crippen molar-refractivity contribution in [1.29, 1.82) is 0 Å². The molecule has 4 rings (SSSR count). The van der Waals surface area contributed by atoms with E-state index in [1.54, 1.807) is 61.2 Å². The van der Waals surface area contributed by atoms with Crippen LogP contribution in [0.1, 0.15) is 34.6 Å². The molecule has 15 nitrogen and oxygen atoms in total.